The molecule has 4 aliphatic rings. The molecule has 4 unspecified atom stereocenters. The number of anilines is 1. The first-order valence-electron chi connectivity index (χ1n) is 8.57. The van der Waals surface area contributed by atoms with Gasteiger partial charge in [0.25, 0.3) is 5.91 Å². The van der Waals surface area contributed by atoms with E-state index in [1.54, 1.807) is 29.2 Å². The van der Waals surface area contributed by atoms with Gasteiger partial charge in [-0.3, -0.25) is 14.4 Å². The fraction of sp³-hybridized carbons (Fsp3) is 0.500. The lowest BCUT2D eigenvalue weighted by atomic mass is 9.79. The number of nitrogens with zero attached hydrogens (tertiary/aromatic N) is 2. The molecule has 4 heterocycles. The Balaban J connectivity index is 1.61. The van der Waals surface area contributed by atoms with Crippen LogP contribution in [0.2, 0.25) is 0 Å². The lowest BCUT2D eigenvalue weighted by molar-refractivity contribution is -0.149. The number of imide groups is 1. The van der Waals surface area contributed by atoms with Gasteiger partial charge in [-0.15, -0.1) is 0 Å². The Labute approximate surface area is 139 Å². The van der Waals surface area contributed by atoms with Crippen molar-refractivity contribution in [2.24, 2.45) is 11.8 Å². The predicted molar refractivity (Wildman–Crippen MR) is 83.7 cm³/mol. The molecule has 24 heavy (non-hydrogen) atoms. The average molecular weight is 326 g/mol. The van der Waals surface area contributed by atoms with E-state index in [1.807, 2.05) is 6.07 Å². The molecule has 4 aliphatic heterocycles. The van der Waals surface area contributed by atoms with Gasteiger partial charge in [0, 0.05) is 6.54 Å². The summed E-state index contributed by atoms with van der Waals surface area (Å²) in [6.07, 6.45) is 2.69. The molecule has 4 atom stereocenters. The van der Waals surface area contributed by atoms with Crippen molar-refractivity contribution in [1.82, 2.24) is 4.90 Å². The Kier molecular flexibility index (Phi) is 2.75. The van der Waals surface area contributed by atoms with Gasteiger partial charge in [0.1, 0.15) is 5.92 Å². The lowest BCUT2D eigenvalue weighted by Crippen LogP contribution is -2.57. The van der Waals surface area contributed by atoms with Crippen molar-refractivity contribution in [3.63, 3.8) is 0 Å². The van der Waals surface area contributed by atoms with Gasteiger partial charge in [0.05, 0.1) is 11.6 Å². The second-order valence-corrected chi connectivity index (χ2v) is 7.03. The summed E-state index contributed by atoms with van der Waals surface area (Å²) in [6.45, 7) is 0.616. The van der Waals surface area contributed by atoms with Crippen LogP contribution < -0.4 is 4.90 Å². The molecule has 5 rings (SSSR count). The fourth-order valence-corrected chi connectivity index (χ4v) is 4.92. The van der Waals surface area contributed by atoms with Crippen molar-refractivity contribution < 1.29 is 19.1 Å². The summed E-state index contributed by atoms with van der Waals surface area (Å²) in [4.78, 5) is 41.8. The Bertz CT molecular complexity index is 749. The average Bonchev–Trinajstić information content (AvgIpc) is 3.07. The van der Waals surface area contributed by atoms with Crippen LogP contribution in [0.4, 0.5) is 5.69 Å². The first-order chi connectivity index (χ1) is 11.6. The van der Waals surface area contributed by atoms with Crippen molar-refractivity contribution in [1.29, 1.82) is 0 Å². The van der Waals surface area contributed by atoms with Gasteiger partial charge in [-0.25, -0.2) is 4.90 Å². The van der Waals surface area contributed by atoms with Crippen LogP contribution in [0.5, 0.6) is 0 Å². The van der Waals surface area contributed by atoms with Crippen molar-refractivity contribution in [2.45, 2.75) is 37.5 Å². The van der Waals surface area contributed by atoms with Crippen LogP contribution >= 0.6 is 0 Å². The third kappa shape index (κ3) is 1.52. The minimum atomic E-state index is -0.904. The third-order valence-electron chi connectivity index (χ3n) is 5.89. The number of fused-ring (bicyclic) bond motifs is 3. The molecule has 0 saturated carbocycles. The highest BCUT2D eigenvalue weighted by Crippen LogP contribution is 2.56. The van der Waals surface area contributed by atoms with Crippen molar-refractivity contribution in [3.8, 4) is 0 Å². The van der Waals surface area contributed by atoms with E-state index < -0.39 is 23.7 Å². The zero-order valence-corrected chi connectivity index (χ0v) is 13.2. The number of amides is 3. The molecule has 0 aliphatic carbocycles. The second kappa shape index (κ2) is 4.66. The second-order valence-electron chi connectivity index (χ2n) is 7.03. The van der Waals surface area contributed by atoms with Crippen LogP contribution in [-0.2, 0) is 19.1 Å². The summed E-state index contributed by atoms with van der Waals surface area (Å²) in [5, 5.41) is 0. The Hall–Kier alpha value is -2.21. The number of hydrogen-bond donors (Lipinski definition) is 0. The van der Waals surface area contributed by atoms with E-state index in [1.165, 1.54) is 4.90 Å². The minimum Gasteiger partial charge on any atom is -0.341 e. The Morgan fingerprint density at radius 1 is 0.958 bits per heavy atom. The number of carbonyl (C=O) groups excluding carboxylic acids is 3. The molecular formula is C18H18N2O4. The number of ether oxygens (including phenoxy) is 1. The molecule has 0 aromatic heterocycles. The van der Waals surface area contributed by atoms with Gasteiger partial charge in [0.15, 0.2) is 11.8 Å². The summed E-state index contributed by atoms with van der Waals surface area (Å²) < 4.78 is 6.06. The maximum absolute atomic E-state index is 13.1. The van der Waals surface area contributed by atoms with Crippen LogP contribution in [-0.4, -0.2) is 41.0 Å². The number of para-hydroxylation sites is 1. The summed E-state index contributed by atoms with van der Waals surface area (Å²) in [5.74, 6) is -1.87. The zero-order chi connectivity index (χ0) is 16.5. The van der Waals surface area contributed by atoms with E-state index in [9.17, 15) is 14.4 Å². The SMILES string of the molecule is O=C1C2C3OC4(CCCCCN4C3=O)C2C(=O)N1c1ccccc1. The topological polar surface area (TPSA) is 66.9 Å². The molecule has 4 saturated heterocycles. The molecule has 2 bridgehead atoms. The quantitative estimate of drug-likeness (QED) is 0.730. The van der Waals surface area contributed by atoms with Crippen LogP contribution in [0.15, 0.2) is 30.3 Å². The molecule has 3 amide bonds. The maximum Gasteiger partial charge on any atom is 0.254 e. The third-order valence-corrected chi connectivity index (χ3v) is 5.89. The normalized spacial score (nSPS) is 37.7. The van der Waals surface area contributed by atoms with Gasteiger partial charge < -0.3 is 9.64 Å². The molecule has 1 aromatic carbocycles. The Morgan fingerprint density at radius 2 is 1.75 bits per heavy atom. The summed E-state index contributed by atoms with van der Waals surface area (Å²) in [6, 6.07) is 8.96. The number of benzene rings is 1. The number of rotatable bonds is 1. The number of piperidine rings is 1. The van der Waals surface area contributed by atoms with E-state index in [0.717, 1.165) is 19.3 Å². The van der Waals surface area contributed by atoms with Crippen LogP contribution in [0.3, 0.4) is 0 Å². The predicted octanol–water partition coefficient (Wildman–Crippen LogP) is 1.30. The molecule has 0 N–H and O–H groups in total. The highest BCUT2D eigenvalue weighted by Gasteiger charge is 2.75. The van der Waals surface area contributed by atoms with Crippen molar-refractivity contribution >= 4 is 23.4 Å². The van der Waals surface area contributed by atoms with Crippen molar-refractivity contribution in [2.75, 3.05) is 11.4 Å². The highest BCUT2D eigenvalue weighted by molar-refractivity contribution is 6.24. The molecule has 6 heteroatoms. The van der Waals surface area contributed by atoms with E-state index in [2.05, 4.69) is 0 Å². The van der Waals surface area contributed by atoms with Crippen LogP contribution in [0.1, 0.15) is 25.7 Å². The summed E-state index contributed by atoms with van der Waals surface area (Å²) in [5.41, 5.74) is -0.329. The fourth-order valence-electron chi connectivity index (χ4n) is 4.92. The van der Waals surface area contributed by atoms with Gasteiger partial charge >= 0.3 is 0 Å². The summed E-state index contributed by atoms with van der Waals surface area (Å²) in [7, 11) is 0. The summed E-state index contributed by atoms with van der Waals surface area (Å²) >= 11 is 0. The van der Waals surface area contributed by atoms with E-state index in [0.29, 0.717) is 18.7 Å². The monoisotopic (exact) mass is 326 g/mol. The van der Waals surface area contributed by atoms with Gasteiger partial charge in [0.2, 0.25) is 11.8 Å². The first kappa shape index (κ1) is 14.2. The molecular weight excluding hydrogens is 308 g/mol. The van der Waals surface area contributed by atoms with Crippen LogP contribution in [0.25, 0.3) is 0 Å². The maximum atomic E-state index is 13.1. The standard InChI is InChI=1S/C18H18N2O4/c21-15-12-13(16(22)20(15)11-7-3-1-4-8-11)18-9-5-2-6-10-19(18)17(23)14(12)24-18/h1,3-4,7-8,12-14H,2,5-6,9-10H2. The highest BCUT2D eigenvalue weighted by atomic mass is 16.6. The largest absolute Gasteiger partial charge is 0.341 e. The molecule has 1 spiro atoms. The molecule has 4 fully saturated rings. The Morgan fingerprint density at radius 3 is 2.54 bits per heavy atom. The van der Waals surface area contributed by atoms with E-state index in [4.69, 9.17) is 4.74 Å². The molecule has 1 aromatic rings. The smallest absolute Gasteiger partial charge is 0.254 e. The van der Waals surface area contributed by atoms with Crippen molar-refractivity contribution in [3.05, 3.63) is 30.3 Å². The molecule has 0 radical (unpaired) electrons. The van der Waals surface area contributed by atoms with Gasteiger partial charge in [-0.2, -0.15) is 0 Å². The van der Waals surface area contributed by atoms with Gasteiger partial charge in [-0.05, 0) is 31.4 Å². The number of carbonyl (C=O) groups is 3. The van der Waals surface area contributed by atoms with E-state index in [-0.39, 0.29) is 17.7 Å². The van der Waals surface area contributed by atoms with E-state index >= 15 is 0 Å². The number of hydrogen-bond acceptors (Lipinski definition) is 4. The first-order valence-corrected chi connectivity index (χ1v) is 8.57. The molecule has 6 nitrogen and oxygen atoms in total. The zero-order valence-electron chi connectivity index (χ0n) is 13.2. The van der Waals surface area contributed by atoms with Crippen LogP contribution in [0, 0.1) is 11.8 Å². The minimum absolute atomic E-state index is 0.116. The molecule has 124 valence electrons. The van der Waals surface area contributed by atoms with Gasteiger partial charge in [-0.1, -0.05) is 24.6 Å². The lowest BCUT2D eigenvalue weighted by Gasteiger charge is -2.39.